The van der Waals surface area contributed by atoms with Crippen molar-refractivity contribution < 1.29 is 13.2 Å². The summed E-state index contributed by atoms with van der Waals surface area (Å²) in [5, 5.41) is 0.940. The van der Waals surface area contributed by atoms with Gasteiger partial charge in [-0.05, 0) is 29.2 Å². The second-order valence-electron chi connectivity index (χ2n) is 8.49. The quantitative estimate of drug-likeness (QED) is 0.547. The number of benzene rings is 2. The summed E-state index contributed by atoms with van der Waals surface area (Å²) in [6, 6.07) is 11.8. The van der Waals surface area contributed by atoms with Crippen LogP contribution in [-0.4, -0.2) is 16.1 Å². The van der Waals surface area contributed by atoms with E-state index < -0.39 is 11.6 Å². The Morgan fingerprint density at radius 3 is 2.37 bits per heavy atom. The van der Waals surface area contributed by atoms with E-state index in [1.807, 2.05) is 24.3 Å². The van der Waals surface area contributed by atoms with Crippen molar-refractivity contribution in [1.29, 1.82) is 0 Å². The Bertz CT molecular complexity index is 1050. The molecule has 0 saturated heterocycles. The van der Waals surface area contributed by atoms with Gasteiger partial charge in [-0.25, -0.2) is 9.97 Å². The van der Waals surface area contributed by atoms with Crippen LogP contribution < -0.4 is 0 Å². The van der Waals surface area contributed by atoms with Crippen LogP contribution in [0.15, 0.2) is 42.7 Å². The number of hydrogen-bond donors (Lipinski definition) is 0. The summed E-state index contributed by atoms with van der Waals surface area (Å²) in [6.45, 7) is 6.70. The summed E-state index contributed by atoms with van der Waals surface area (Å²) in [5.41, 5.74) is 3.24. The molecule has 0 unspecified atom stereocenters. The summed E-state index contributed by atoms with van der Waals surface area (Å²) in [6.07, 6.45) is -2.86. The maximum atomic E-state index is 13.4. The molecule has 140 valence electrons. The second kappa shape index (κ2) is 5.54. The summed E-state index contributed by atoms with van der Waals surface area (Å²) in [4.78, 5) is 8.88. The summed E-state index contributed by atoms with van der Waals surface area (Å²) < 4.78 is 40.2. The first-order valence-electron chi connectivity index (χ1n) is 8.97. The van der Waals surface area contributed by atoms with Crippen LogP contribution in [0.5, 0.6) is 0 Å². The predicted molar refractivity (Wildman–Crippen MR) is 101 cm³/mol. The molecule has 5 heteroatoms. The third kappa shape index (κ3) is 2.63. The van der Waals surface area contributed by atoms with E-state index in [4.69, 9.17) is 0 Å². The van der Waals surface area contributed by atoms with Crippen molar-refractivity contribution in [2.24, 2.45) is 5.41 Å². The summed E-state index contributed by atoms with van der Waals surface area (Å²) in [5.74, 6) is 0. The smallest absolute Gasteiger partial charge is 0.236 e. The number of rotatable bonds is 2. The molecule has 1 heterocycles. The minimum absolute atomic E-state index is 0.0868. The van der Waals surface area contributed by atoms with Crippen LogP contribution in [0.4, 0.5) is 13.2 Å². The van der Waals surface area contributed by atoms with Gasteiger partial charge >= 0.3 is 6.18 Å². The molecule has 4 rings (SSSR count). The Morgan fingerprint density at radius 1 is 0.963 bits per heavy atom. The Labute approximate surface area is 156 Å². The van der Waals surface area contributed by atoms with E-state index >= 15 is 0 Å². The maximum absolute atomic E-state index is 13.4. The lowest BCUT2D eigenvalue weighted by Crippen LogP contribution is -2.34. The molecule has 1 aliphatic rings. The minimum atomic E-state index is -4.27. The molecule has 3 aromatic rings. The highest BCUT2D eigenvalue weighted by molar-refractivity contribution is 5.99. The monoisotopic (exact) mass is 370 g/mol. The van der Waals surface area contributed by atoms with E-state index in [2.05, 4.69) is 29.9 Å². The zero-order valence-corrected chi connectivity index (χ0v) is 15.8. The van der Waals surface area contributed by atoms with E-state index in [9.17, 15) is 13.2 Å². The molecule has 2 aromatic carbocycles. The average Bonchev–Trinajstić information content (AvgIpc) is 2.58. The average molecular weight is 370 g/mol. The number of alkyl halides is 3. The van der Waals surface area contributed by atoms with Crippen LogP contribution in [-0.2, 0) is 11.8 Å². The molecule has 1 aromatic heterocycles. The van der Waals surface area contributed by atoms with Crippen LogP contribution in [0.2, 0.25) is 0 Å². The number of hydrogen-bond acceptors (Lipinski definition) is 2. The van der Waals surface area contributed by atoms with Gasteiger partial charge in [0, 0.05) is 16.4 Å². The largest absolute Gasteiger partial charge is 0.394 e. The molecule has 27 heavy (non-hydrogen) atoms. The fourth-order valence-corrected chi connectivity index (χ4v) is 4.04. The fraction of sp³-hybridized carbons (Fsp3) is 0.364. The Morgan fingerprint density at radius 2 is 1.67 bits per heavy atom. The summed E-state index contributed by atoms with van der Waals surface area (Å²) >= 11 is 0. The van der Waals surface area contributed by atoms with Crippen LogP contribution in [0.3, 0.4) is 0 Å². The molecule has 0 atom stereocenters. The van der Waals surface area contributed by atoms with Crippen molar-refractivity contribution in [1.82, 2.24) is 9.97 Å². The van der Waals surface area contributed by atoms with Crippen molar-refractivity contribution >= 4 is 10.9 Å². The van der Waals surface area contributed by atoms with Crippen LogP contribution >= 0.6 is 0 Å². The predicted octanol–water partition coefficient (Wildman–Crippen LogP) is 6.07. The van der Waals surface area contributed by atoms with Crippen molar-refractivity contribution in [2.75, 3.05) is 0 Å². The van der Waals surface area contributed by atoms with E-state index in [-0.39, 0.29) is 11.8 Å². The molecule has 1 aliphatic carbocycles. The first kappa shape index (κ1) is 18.0. The highest BCUT2D eigenvalue weighted by Crippen LogP contribution is 2.48. The SMILES string of the molecule is CC1(C)c2ccccc2-c2ncnc3cc(CC(C)(C)C(F)(F)F)cc1c23. The van der Waals surface area contributed by atoms with Crippen LogP contribution in [0.25, 0.3) is 22.2 Å². The zero-order chi connectivity index (χ0) is 19.6. The first-order chi connectivity index (χ1) is 12.5. The van der Waals surface area contributed by atoms with Gasteiger partial charge in [0.25, 0.3) is 0 Å². The Hall–Kier alpha value is -2.43. The fourth-order valence-electron chi connectivity index (χ4n) is 4.04. The molecule has 0 spiro atoms. The van der Waals surface area contributed by atoms with Gasteiger partial charge in [0.05, 0.1) is 16.6 Å². The molecular formula is C22H21F3N2. The lowest BCUT2D eigenvalue weighted by Gasteiger charge is -2.35. The molecule has 0 N–H and O–H groups in total. The molecule has 2 nitrogen and oxygen atoms in total. The number of nitrogens with zero attached hydrogens (tertiary/aromatic N) is 2. The van der Waals surface area contributed by atoms with Gasteiger partial charge in [-0.2, -0.15) is 13.2 Å². The van der Waals surface area contributed by atoms with E-state index in [0.717, 1.165) is 27.8 Å². The molecule has 0 aliphatic heterocycles. The molecule has 0 amide bonds. The molecule has 0 fully saturated rings. The highest BCUT2D eigenvalue weighted by atomic mass is 19.4. The van der Waals surface area contributed by atoms with Crippen molar-refractivity contribution in [3.05, 3.63) is 59.4 Å². The summed E-state index contributed by atoms with van der Waals surface area (Å²) in [7, 11) is 0. The van der Waals surface area contributed by atoms with Gasteiger partial charge in [-0.1, -0.05) is 58.0 Å². The van der Waals surface area contributed by atoms with Gasteiger partial charge in [0.1, 0.15) is 6.33 Å². The van der Waals surface area contributed by atoms with Crippen molar-refractivity contribution in [3.8, 4) is 11.3 Å². The van der Waals surface area contributed by atoms with Crippen LogP contribution in [0.1, 0.15) is 44.4 Å². The third-order valence-corrected chi connectivity index (χ3v) is 5.74. The van der Waals surface area contributed by atoms with E-state index in [1.54, 1.807) is 6.07 Å². The van der Waals surface area contributed by atoms with Crippen molar-refractivity contribution in [3.63, 3.8) is 0 Å². The molecule has 0 radical (unpaired) electrons. The second-order valence-corrected chi connectivity index (χ2v) is 8.49. The molecule has 0 bridgehead atoms. The molecule has 0 saturated carbocycles. The lowest BCUT2D eigenvalue weighted by atomic mass is 9.69. The van der Waals surface area contributed by atoms with Gasteiger partial charge in [0.15, 0.2) is 0 Å². The van der Waals surface area contributed by atoms with Gasteiger partial charge < -0.3 is 0 Å². The van der Waals surface area contributed by atoms with Gasteiger partial charge in [-0.3, -0.25) is 0 Å². The Balaban J connectivity index is 1.98. The zero-order valence-electron chi connectivity index (χ0n) is 15.8. The minimum Gasteiger partial charge on any atom is -0.236 e. The Kier molecular flexibility index (Phi) is 3.68. The number of aromatic nitrogens is 2. The normalized spacial score (nSPS) is 15.7. The van der Waals surface area contributed by atoms with Crippen LogP contribution in [0, 0.1) is 5.41 Å². The molecular weight excluding hydrogens is 349 g/mol. The number of fused-ring (bicyclic) bond motifs is 2. The lowest BCUT2D eigenvalue weighted by molar-refractivity contribution is -0.211. The first-order valence-corrected chi connectivity index (χ1v) is 8.97. The maximum Gasteiger partial charge on any atom is 0.394 e. The third-order valence-electron chi connectivity index (χ3n) is 5.74. The topological polar surface area (TPSA) is 25.8 Å². The van der Waals surface area contributed by atoms with E-state index in [0.29, 0.717) is 11.1 Å². The number of halogens is 3. The van der Waals surface area contributed by atoms with Gasteiger partial charge in [0.2, 0.25) is 0 Å². The van der Waals surface area contributed by atoms with Crippen molar-refractivity contribution in [2.45, 2.75) is 45.7 Å². The standard InChI is InChI=1S/C22H21F3N2/c1-20(2,22(23,24)25)11-13-9-16-18-17(10-13)26-12-27-19(18)14-7-5-6-8-15(14)21(16,3)4/h5-10,12H,11H2,1-4H3. The highest BCUT2D eigenvalue weighted by Gasteiger charge is 2.47. The van der Waals surface area contributed by atoms with Gasteiger partial charge in [-0.15, -0.1) is 0 Å². The van der Waals surface area contributed by atoms with E-state index in [1.165, 1.54) is 20.2 Å².